The zero-order valence-corrected chi connectivity index (χ0v) is 12.2. The molecule has 4 nitrogen and oxygen atoms in total. The number of nitrogens with one attached hydrogen (secondary N) is 1. The van der Waals surface area contributed by atoms with Crippen LogP contribution in [0.3, 0.4) is 0 Å². The van der Waals surface area contributed by atoms with Crippen molar-refractivity contribution in [2.24, 2.45) is 0 Å². The molecule has 106 valence electrons. The summed E-state index contributed by atoms with van der Waals surface area (Å²) in [5.74, 6) is 0.520. The van der Waals surface area contributed by atoms with Crippen molar-refractivity contribution in [3.8, 4) is 0 Å². The van der Waals surface area contributed by atoms with Gasteiger partial charge in [-0.15, -0.1) is 0 Å². The molecule has 0 radical (unpaired) electrons. The number of nitrogens with zero attached hydrogens (tertiary/aromatic N) is 2. The Hall–Kier alpha value is -1.43. The Labute approximate surface area is 125 Å². The molecule has 0 bridgehead atoms. The Morgan fingerprint density at radius 2 is 2.05 bits per heavy atom. The molecule has 0 fully saturated rings. The van der Waals surface area contributed by atoms with Crippen LogP contribution in [0, 0.1) is 5.82 Å². The summed E-state index contributed by atoms with van der Waals surface area (Å²) in [4.78, 5) is 8.29. The lowest BCUT2D eigenvalue weighted by Crippen LogP contribution is -2.03. The monoisotopic (exact) mass is 315 g/mol. The van der Waals surface area contributed by atoms with Gasteiger partial charge in [-0.25, -0.2) is 14.4 Å². The highest BCUT2D eigenvalue weighted by molar-refractivity contribution is 6.33. The van der Waals surface area contributed by atoms with E-state index in [1.165, 1.54) is 18.2 Å². The van der Waals surface area contributed by atoms with E-state index in [1.807, 2.05) is 6.92 Å². The molecule has 1 aromatic heterocycles. The first-order valence-electron chi connectivity index (χ1n) is 5.91. The summed E-state index contributed by atoms with van der Waals surface area (Å²) >= 11 is 11.9. The van der Waals surface area contributed by atoms with E-state index >= 15 is 0 Å². The molecule has 0 aliphatic heterocycles. The van der Waals surface area contributed by atoms with Gasteiger partial charge in [-0.2, -0.15) is 0 Å². The number of rotatable bonds is 5. The minimum atomic E-state index is -0.404. The molecule has 0 spiro atoms. The predicted molar refractivity (Wildman–Crippen MR) is 77.1 cm³/mol. The van der Waals surface area contributed by atoms with E-state index in [0.29, 0.717) is 23.9 Å². The van der Waals surface area contributed by atoms with Gasteiger partial charge >= 0.3 is 0 Å². The van der Waals surface area contributed by atoms with Crippen molar-refractivity contribution in [1.29, 1.82) is 0 Å². The van der Waals surface area contributed by atoms with Crippen molar-refractivity contribution in [2.75, 3.05) is 11.9 Å². The van der Waals surface area contributed by atoms with E-state index in [1.54, 1.807) is 6.07 Å². The van der Waals surface area contributed by atoms with Crippen molar-refractivity contribution in [2.45, 2.75) is 13.5 Å². The summed E-state index contributed by atoms with van der Waals surface area (Å²) in [5.41, 5.74) is 0.533. The third kappa shape index (κ3) is 4.03. The zero-order valence-electron chi connectivity index (χ0n) is 10.7. The van der Waals surface area contributed by atoms with Crippen LogP contribution in [0.15, 0.2) is 24.3 Å². The van der Waals surface area contributed by atoms with Crippen LogP contribution in [-0.4, -0.2) is 16.6 Å². The minimum absolute atomic E-state index is 0.256. The van der Waals surface area contributed by atoms with Crippen molar-refractivity contribution < 1.29 is 9.13 Å². The second kappa shape index (κ2) is 6.83. The van der Waals surface area contributed by atoms with Crippen LogP contribution < -0.4 is 5.32 Å². The van der Waals surface area contributed by atoms with E-state index in [2.05, 4.69) is 15.3 Å². The summed E-state index contributed by atoms with van der Waals surface area (Å²) in [6, 6.07) is 5.60. The van der Waals surface area contributed by atoms with Crippen molar-refractivity contribution in [1.82, 2.24) is 9.97 Å². The lowest BCUT2D eigenvalue weighted by atomic mass is 10.3. The normalized spacial score (nSPS) is 10.6. The Morgan fingerprint density at radius 3 is 2.75 bits per heavy atom. The first kappa shape index (κ1) is 15.0. The van der Waals surface area contributed by atoms with E-state index in [0.717, 1.165) is 0 Å². The molecule has 0 unspecified atom stereocenters. The number of ether oxygens (including phenoxy) is 1. The summed E-state index contributed by atoms with van der Waals surface area (Å²) in [6.45, 7) is 2.70. The van der Waals surface area contributed by atoms with Crippen LogP contribution in [-0.2, 0) is 11.3 Å². The molecule has 0 aliphatic rings. The van der Waals surface area contributed by atoms with Gasteiger partial charge in [0.1, 0.15) is 23.4 Å². The Kier molecular flexibility index (Phi) is 5.11. The second-order valence-electron chi connectivity index (χ2n) is 3.88. The molecule has 1 aromatic carbocycles. The fraction of sp³-hybridized carbons (Fsp3) is 0.231. The molecule has 0 saturated carbocycles. The molecular formula is C13H12Cl2FN3O. The Balaban J connectivity index is 2.21. The maximum atomic E-state index is 13.0. The lowest BCUT2D eigenvalue weighted by Gasteiger charge is -2.09. The first-order chi connectivity index (χ1) is 9.58. The lowest BCUT2D eigenvalue weighted by molar-refractivity contribution is 0.128. The fourth-order valence-corrected chi connectivity index (χ4v) is 1.93. The van der Waals surface area contributed by atoms with Gasteiger partial charge in [0.15, 0.2) is 5.82 Å². The maximum absolute atomic E-state index is 13.0. The van der Waals surface area contributed by atoms with Crippen LogP contribution in [0.4, 0.5) is 15.9 Å². The molecule has 0 amide bonds. The van der Waals surface area contributed by atoms with Gasteiger partial charge in [-0.1, -0.05) is 23.2 Å². The standard InChI is InChI=1S/C13H12Cl2FN3O/c1-2-20-7-13-18-11(15)6-12(19-13)17-10-4-3-8(16)5-9(10)14/h3-6H,2,7H2,1H3,(H,17,18,19). The molecule has 20 heavy (non-hydrogen) atoms. The molecule has 2 aromatic rings. The highest BCUT2D eigenvalue weighted by atomic mass is 35.5. The molecule has 0 saturated heterocycles. The summed E-state index contributed by atoms with van der Waals surface area (Å²) in [7, 11) is 0. The smallest absolute Gasteiger partial charge is 0.158 e. The molecule has 1 heterocycles. The van der Waals surface area contributed by atoms with Gasteiger partial charge in [-0.3, -0.25) is 0 Å². The highest BCUT2D eigenvalue weighted by Gasteiger charge is 2.07. The fourth-order valence-electron chi connectivity index (χ4n) is 1.52. The number of benzene rings is 1. The molecule has 2 rings (SSSR count). The first-order valence-corrected chi connectivity index (χ1v) is 6.67. The second-order valence-corrected chi connectivity index (χ2v) is 4.67. The summed E-state index contributed by atoms with van der Waals surface area (Å²) in [6.07, 6.45) is 0. The quantitative estimate of drug-likeness (QED) is 0.840. The van der Waals surface area contributed by atoms with Crippen LogP contribution in [0.25, 0.3) is 0 Å². The van der Waals surface area contributed by atoms with E-state index in [4.69, 9.17) is 27.9 Å². The molecule has 7 heteroatoms. The predicted octanol–water partition coefficient (Wildman–Crippen LogP) is 4.20. The van der Waals surface area contributed by atoms with Crippen molar-refractivity contribution >= 4 is 34.7 Å². The number of hydrogen-bond donors (Lipinski definition) is 1. The van der Waals surface area contributed by atoms with Crippen molar-refractivity contribution in [3.63, 3.8) is 0 Å². The van der Waals surface area contributed by atoms with Gasteiger partial charge in [0.25, 0.3) is 0 Å². The molecule has 1 N–H and O–H groups in total. The third-order valence-corrected chi connectivity index (χ3v) is 2.88. The average Bonchev–Trinajstić information content (AvgIpc) is 2.39. The third-order valence-electron chi connectivity index (χ3n) is 2.37. The molecule has 0 atom stereocenters. The Bertz CT molecular complexity index is 610. The zero-order chi connectivity index (χ0) is 14.5. The molecule has 0 aliphatic carbocycles. The maximum Gasteiger partial charge on any atom is 0.158 e. The van der Waals surface area contributed by atoms with Crippen LogP contribution in [0.5, 0.6) is 0 Å². The number of hydrogen-bond acceptors (Lipinski definition) is 4. The summed E-state index contributed by atoms with van der Waals surface area (Å²) < 4.78 is 18.2. The van der Waals surface area contributed by atoms with Gasteiger partial charge in [0.2, 0.25) is 0 Å². The number of aromatic nitrogens is 2. The minimum Gasteiger partial charge on any atom is -0.374 e. The van der Waals surface area contributed by atoms with E-state index in [9.17, 15) is 4.39 Å². The van der Waals surface area contributed by atoms with Crippen LogP contribution in [0.1, 0.15) is 12.7 Å². The van der Waals surface area contributed by atoms with E-state index < -0.39 is 5.82 Å². The largest absolute Gasteiger partial charge is 0.374 e. The highest BCUT2D eigenvalue weighted by Crippen LogP contribution is 2.26. The SMILES string of the molecule is CCOCc1nc(Cl)cc(Nc2ccc(F)cc2Cl)n1. The Morgan fingerprint density at radius 1 is 1.25 bits per heavy atom. The average molecular weight is 316 g/mol. The van der Waals surface area contributed by atoms with Gasteiger partial charge in [-0.05, 0) is 25.1 Å². The number of anilines is 2. The molecular weight excluding hydrogens is 304 g/mol. The number of halogens is 3. The topological polar surface area (TPSA) is 47.0 Å². The van der Waals surface area contributed by atoms with E-state index in [-0.39, 0.29) is 16.8 Å². The van der Waals surface area contributed by atoms with Crippen LogP contribution in [0.2, 0.25) is 10.2 Å². The van der Waals surface area contributed by atoms with Gasteiger partial charge < -0.3 is 10.1 Å². The van der Waals surface area contributed by atoms with Gasteiger partial charge in [0.05, 0.1) is 10.7 Å². The van der Waals surface area contributed by atoms with Gasteiger partial charge in [0, 0.05) is 12.7 Å². The van der Waals surface area contributed by atoms with Crippen LogP contribution >= 0.6 is 23.2 Å². The van der Waals surface area contributed by atoms with Crippen molar-refractivity contribution in [3.05, 3.63) is 46.1 Å². The summed E-state index contributed by atoms with van der Waals surface area (Å²) in [5, 5.41) is 3.51.